The van der Waals surface area contributed by atoms with Gasteiger partial charge in [-0.15, -0.1) is 11.3 Å². The van der Waals surface area contributed by atoms with E-state index in [0.29, 0.717) is 5.13 Å². The average molecular weight is 405 g/mol. The Kier molecular flexibility index (Phi) is 4.06. The van der Waals surface area contributed by atoms with Crippen molar-refractivity contribution in [1.29, 1.82) is 0 Å². The number of thiazole rings is 2. The molecule has 1 N–H and O–H groups in total. The summed E-state index contributed by atoms with van der Waals surface area (Å²) in [6.07, 6.45) is 0. The van der Waals surface area contributed by atoms with Gasteiger partial charge in [-0.1, -0.05) is 22.9 Å². The summed E-state index contributed by atoms with van der Waals surface area (Å²) >= 11 is 8.91. The first-order valence-electron chi connectivity index (χ1n) is 7.34. The van der Waals surface area contributed by atoms with E-state index in [1.165, 1.54) is 23.5 Å². The van der Waals surface area contributed by atoms with Gasteiger partial charge >= 0.3 is 0 Å². The zero-order chi connectivity index (χ0) is 18.4. The summed E-state index contributed by atoms with van der Waals surface area (Å²) in [7, 11) is 0. The van der Waals surface area contributed by atoms with Crippen LogP contribution in [-0.4, -0.2) is 20.8 Å². The Bertz CT molecular complexity index is 1200. The van der Waals surface area contributed by atoms with Crippen molar-refractivity contribution in [3.63, 3.8) is 0 Å². The summed E-state index contributed by atoms with van der Waals surface area (Å²) < 4.78 is 1.96. The van der Waals surface area contributed by atoms with Crippen LogP contribution in [0.5, 0.6) is 0 Å². The molecule has 0 saturated heterocycles. The molecule has 0 atom stereocenters. The number of aromatic nitrogens is 2. The predicted octanol–water partition coefficient (Wildman–Crippen LogP) is 5.03. The van der Waals surface area contributed by atoms with Crippen molar-refractivity contribution in [1.82, 2.24) is 9.97 Å². The summed E-state index contributed by atoms with van der Waals surface area (Å²) in [4.78, 5) is 31.7. The van der Waals surface area contributed by atoms with Crippen LogP contribution in [0.25, 0.3) is 20.4 Å². The van der Waals surface area contributed by atoms with E-state index in [0.717, 1.165) is 31.5 Å². The van der Waals surface area contributed by atoms with Crippen LogP contribution < -0.4 is 5.32 Å². The van der Waals surface area contributed by atoms with E-state index in [1.54, 1.807) is 11.3 Å². The molecule has 2 aromatic heterocycles. The molecule has 7 nitrogen and oxygen atoms in total. The number of benzene rings is 2. The first-order chi connectivity index (χ1) is 12.4. The molecule has 0 unspecified atom stereocenters. The van der Waals surface area contributed by atoms with Crippen molar-refractivity contribution in [3.8, 4) is 0 Å². The fourth-order valence-electron chi connectivity index (χ4n) is 2.50. The standard InChI is InChI=1S/C16H9ClN4O3S2/c1-7-18-11-4-5-12-14(13(11)25-7)26-16(19-12)20-15(22)9-6-8(21(23)24)2-3-10(9)17/h2-6H,1H3,(H,19,20,22). The van der Waals surface area contributed by atoms with E-state index in [1.807, 2.05) is 19.1 Å². The zero-order valence-corrected chi connectivity index (χ0v) is 15.5. The zero-order valence-electron chi connectivity index (χ0n) is 13.1. The smallest absolute Gasteiger partial charge is 0.270 e. The second-order valence-corrected chi connectivity index (χ2v) is 8.00. The number of rotatable bonds is 3. The third kappa shape index (κ3) is 2.90. The van der Waals surface area contributed by atoms with E-state index >= 15 is 0 Å². The van der Waals surface area contributed by atoms with Crippen LogP contribution in [0.4, 0.5) is 10.8 Å². The lowest BCUT2D eigenvalue weighted by Crippen LogP contribution is -2.12. The van der Waals surface area contributed by atoms with Crippen LogP contribution in [0, 0.1) is 17.0 Å². The quantitative estimate of drug-likeness (QED) is 0.381. The van der Waals surface area contributed by atoms with Crippen LogP contribution in [0.15, 0.2) is 30.3 Å². The highest BCUT2D eigenvalue weighted by Gasteiger charge is 2.18. The molecule has 0 saturated carbocycles. The Morgan fingerprint density at radius 3 is 2.58 bits per heavy atom. The summed E-state index contributed by atoms with van der Waals surface area (Å²) in [6, 6.07) is 7.47. The molecule has 0 spiro atoms. The number of anilines is 1. The number of non-ortho nitro benzene ring substituents is 1. The van der Waals surface area contributed by atoms with Crippen molar-refractivity contribution < 1.29 is 9.72 Å². The molecule has 4 rings (SSSR count). The highest BCUT2D eigenvalue weighted by molar-refractivity contribution is 7.28. The Balaban J connectivity index is 1.71. The van der Waals surface area contributed by atoms with Gasteiger partial charge in [-0.2, -0.15) is 0 Å². The number of carbonyl (C=O) groups excluding carboxylic acids is 1. The van der Waals surface area contributed by atoms with Gasteiger partial charge in [0.2, 0.25) is 0 Å². The Morgan fingerprint density at radius 1 is 1.15 bits per heavy atom. The van der Waals surface area contributed by atoms with Gasteiger partial charge in [0.25, 0.3) is 11.6 Å². The summed E-state index contributed by atoms with van der Waals surface area (Å²) in [5.41, 5.74) is 1.47. The van der Waals surface area contributed by atoms with E-state index in [9.17, 15) is 14.9 Å². The number of hydrogen-bond acceptors (Lipinski definition) is 7. The number of carbonyl (C=O) groups is 1. The van der Waals surface area contributed by atoms with Gasteiger partial charge in [-0.3, -0.25) is 20.2 Å². The molecular formula is C16H9ClN4O3S2. The number of fused-ring (bicyclic) bond motifs is 3. The molecule has 0 fully saturated rings. The van der Waals surface area contributed by atoms with Crippen molar-refractivity contribution in [3.05, 3.63) is 56.0 Å². The fraction of sp³-hybridized carbons (Fsp3) is 0.0625. The largest absolute Gasteiger partial charge is 0.298 e. The third-order valence-electron chi connectivity index (χ3n) is 3.64. The second-order valence-electron chi connectivity index (χ2n) is 5.39. The minimum atomic E-state index is -0.576. The van der Waals surface area contributed by atoms with Crippen LogP contribution in [0.1, 0.15) is 15.4 Å². The summed E-state index contributed by atoms with van der Waals surface area (Å²) in [6.45, 7) is 1.94. The molecule has 0 aliphatic heterocycles. The molecule has 10 heteroatoms. The lowest BCUT2D eigenvalue weighted by molar-refractivity contribution is -0.384. The van der Waals surface area contributed by atoms with Crippen molar-refractivity contribution in [2.24, 2.45) is 0 Å². The normalized spacial score (nSPS) is 11.2. The van der Waals surface area contributed by atoms with Crippen molar-refractivity contribution in [2.75, 3.05) is 5.32 Å². The van der Waals surface area contributed by atoms with Gasteiger partial charge in [0.1, 0.15) is 0 Å². The van der Waals surface area contributed by atoms with E-state index in [-0.39, 0.29) is 16.3 Å². The summed E-state index contributed by atoms with van der Waals surface area (Å²) in [5, 5.41) is 15.1. The molecule has 2 heterocycles. The van der Waals surface area contributed by atoms with Gasteiger partial charge in [-0.05, 0) is 25.1 Å². The minimum absolute atomic E-state index is 0.0268. The van der Waals surface area contributed by atoms with Crippen LogP contribution in [-0.2, 0) is 0 Å². The highest BCUT2D eigenvalue weighted by atomic mass is 35.5. The van der Waals surface area contributed by atoms with Crippen LogP contribution >= 0.6 is 34.3 Å². The lowest BCUT2D eigenvalue weighted by Gasteiger charge is -2.03. The fourth-order valence-corrected chi connectivity index (χ4v) is 4.71. The Hall–Kier alpha value is -2.62. The molecular weight excluding hydrogens is 396 g/mol. The number of nitrogens with zero attached hydrogens (tertiary/aromatic N) is 3. The lowest BCUT2D eigenvalue weighted by atomic mass is 10.2. The number of amides is 1. The number of nitro groups is 1. The average Bonchev–Trinajstić information content (AvgIpc) is 3.16. The van der Waals surface area contributed by atoms with E-state index < -0.39 is 10.8 Å². The van der Waals surface area contributed by atoms with Gasteiger partial charge < -0.3 is 0 Å². The maximum Gasteiger partial charge on any atom is 0.270 e. The topological polar surface area (TPSA) is 98.0 Å². The first-order valence-corrected chi connectivity index (χ1v) is 9.35. The Labute approximate surface area is 159 Å². The molecule has 0 aliphatic rings. The number of aryl methyl sites for hydroxylation is 1. The van der Waals surface area contributed by atoms with E-state index in [2.05, 4.69) is 15.3 Å². The molecule has 0 aliphatic carbocycles. The van der Waals surface area contributed by atoms with Gasteiger partial charge in [-0.25, -0.2) is 9.97 Å². The van der Waals surface area contributed by atoms with Gasteiger partial charge in [0.15, 0.2) is 5.13 Å². The third-order valence-corrected chi connectivity index (χ3v) is 6.11. The molecule has 0 radical (unpaired) electrons. The number of hydrogen-bond donors (Lipinski definition) is 1. The SMILES string of the molecule is Cc1nc2ccc3nc(NC(=O)c4cc([N+](=O)[O-])ccc4Cl)sc3c2s1. The van der Waals surface area contributed by atoms with Gasteiger partial charge in [0.05, 0.1) is 41.0 Å². The molecule has 130 valence electrons. The maximum absolute atomic E-state index is 12.5. The van der Waals surface area contributed by atoms with Gasteiger partial charge in [0, 0.05) is 12.1 Å². The molecule has 2 aromatic carbocycles. The highest BCUT2D eigenvalue weighted by Crippen LogP contribution is 2.36. The van der Waals surface area contributed by atoms with E-state index in [4.69, 9.17) is 11.6 Å². The van der Waals surface area contributed by atoms with Crippen molar-refractivity contribution in [2.45, 2.75) is 6.92 Å². The number of nitrogens with one attached hydrogen (secondary N) is 1. The number of nitro benzene ring substituents is 1. The molecule has 0 bridgehead atoms. The van der Waals surface area contributed by atoms with Crippen molar-refractivity contribution >= 4 is 71.4 Å². The predicted molar refractivity (Wildman–Crippen MR) is 104 cm³/mol. The maximum atomic E-state index is 12.5. The monoisotopic (exact) mass is 404 g/mol. The number of halogens is 1. The first kappa shape index (κ1) is 16.8. The van der Waals surface area contributed by atoms with Crippen LogP contribution in [0.3, 0.4) is 0 Å². The summed E-state index contributed by atoms with van der Waals surface area (Å²) in [5.74, 6) is -0.547. The van der Waals surface area contributed by atoms with Crippen LogP contribution in [0.2, 0.25) is 5.02 Å². The second kappa shape index (κ2) is 6.27. The molecule has 26 heavy (non-hydrogen) atoms. The molecule has 4 aromatic rings. The molecule has 1 amide bonds. The minimum Gasteiger partial charge on any atom is -0.298 e. The Morgan fingerprint density at radius 2 is 1.85 bits per heavy atom.